The normalized spacial score (nSPS) is 14.8. The summed E-state index contributed by atoms with van der Waals surface area (Å²) in [6.07, 6.45) is 0. The third-order valence-corrected chi connectivity index (χ3v) is 9.53. The van der Waals surface area contributed by atoms with Crippen LogP contribution in [0.3, 0.4) is 0 Å². The zero-order valence-corrected chi connectivity index (χ0v) is 22.1. The number of phenolic OH excluding ortho intramolecular Hbond substituents is 1. The van der Waals surface area contributed by atoms with Crippen LogP contribution in [0.5, 0.6) is 11.5 Å². The van der Waals surface area contributed by atoms with Crippen LogP contribution in [-0.4, -0.2) is 48.2 Å². The lowest BCUT2D eigenvalue weighted by atomic mass is 10.0. The van der Waals surface area contributed by atoms with Crippen LogP contribution in [0.1, 0.15) is 11.1 Å². The maximum Gasteiger partial charge on any atom is 0.120 e. The molecule has 4 nitrogen and oxygen atoms in total. The van der Waals surface area contributed by atoms with Gasteiger partial charge in [-0.3, -0.25) is 9.80 Å². The fourth-order valence-corrected chi connectivity index (χ4v) is 7.41. The SMILES string of the molecule is COc1ccc(CN2CCN(Cc3cc(-c4c(-c5ccccc5)ssc4=S)ccc3O)CC2)cc1. The van der Waals surface area contributed by atoms with E-state index in [4.69, 9.17) is 17.0 Å². The van der Waals surface area contributed by atoms with E-state index in [1.807, 2.05) is 30.3 Å². The molecule has 0 aliphatic carbocycles. The average Bonchev–Trinajstić information content (AvgIpc) is 3.29. The number of nitrogens with zero attached hydrogens (tertiary/aromatic N) is 2. The first-order valence-corrected chi connectivity index (χ1v) is 14.2. The first kappa shape index (κ1) is 24.2. The van der Waals surface area contributed by atoms with E-state index in [0.29, 0.717) is 5.75 Å². The van der Waals surface area contributed by atoms with E-state index in [2.05, 4.69) is 52.3 Å². The smallest absolute Gasteiger partial charge is 0.120 e. The van der Waals surface area contributed by atoms with Gasteiger partial charge in [-0.1, -0.05) is 81.4 Å². The van der Waals surface area contributed by atoms with Crippen molar-refractivity contribution in [3.05, 3.63) is 87.7 Å². The van der Waals surface area contributed by atoms with E-state index in [9.17, 15) is 5.11 Å². The Hall–Kier alpha value is -2.55. The maximum atomic E-state index is 10.6. The standard InChI is InChI=1S/C28H28N2O2S3/c1-32-24-10-7-20(8-11-24)18-29-13-15-30(16-14-29)19-23-17-22(9-12-25(23)31)26-27(34-35-28(26)33)21-5-3-2-4-6-21/h2-12,17,31H,13-16,18-19H2,1H3. The second kappa shape index (κ2) is 11.0. The Bertz CT molecular complexity index is 1320. The minimum Gasteiger partial charge on any atom is -0.508 e. The quantitative estimate of drug-likeness (QED) is 0.212. The van der Waals surface area contributed by atoms with Gasteiger partial charge in [0.05, 0.1) is 12.0 Å². The van der Waals surface area contributed by atoms with Gasteiger partial charge >= 0.3 is 0 Å². The summed E-state index contributed by atoms with van der Waals surface area (Å²) >= 11 is 5.72. The van der Waals surface area contributed by atoms with Crippen LogP contribution < -0.4 is 4.74 Å². The molecule has 7 heteroatoms. The van der Waals surface area contributed by atoms with E-state index in [-0.39, 0.29) is 0 Å². The van der Waals surface area contributed by atoms with Crippen molar-refractivity contribution in [2.75, 3.05) is 33.3 Å². The highest BCUT2D eigenvalue weighted by atomic mass is 32.9. The molecule has 0 atom stereocenters. The van der Waals surface area contributed by atoms with Crippen LogP contribution >= 0.6 is 32.9 Å². The highest BCUT2D eigenvalue weighted by Crippen LogP contribution is 2.42. The van der Waals surface area contributed by atoms with Crippen LogP contribution in [0.25, 0.3) is 21.6 Å². The molecule has 35 heavy (non-hydrogen) atoms. The molecule has 0 spiro atoms. The Morgan fingerprint density at radius 1 is 0.829 bits per heavy atom. The molecule has 0 unspecified atom stereocenters. The summed E-state index contributed by atoms with van der Waals surface area (Å²) in [6.45, 7) is 5.64. The summed E-state index contributed by atoms with van der Waals surface area (Å²) in [5.74, 6) is 1.24. The van der Waals surface area contributed by atoms with Crippen molar-refractivity contribution in [1.82, 2.24) is 9.80 Å². The summed E-state index contributed by atoms with van der Waals surface area (Å²) in [4.78, 5) is 6.10. The van der Waals surface area contributed by atoms with Crippen molar-refractivity contribution in [1.29, 1.82) is 0 Å². The molecule has 5 rings (SSSR count). The van der Waals surface area contributed by atoms with Crippen LogP contribution in [-0.2, 0) is 13.1 Å². The molecular formula is C28H28N2O2S3. The molecule has 0 radical (unpaired) electrons. The molecule has 2 heterocycles. The van der Waals surface area contributed by atoms with E-state index < -0.39 is 0 Å². The molecule has 1 saturated heterocycles. The number of hydrogen-bond donors (Lipinski definition) is 1. The Morgan fingerprint density at radius 3 is 2.20 bits per heavy atom. The summed E-state index contributed by atoms with van der Waals surface area (Å²) in [6, 6.07) is 24.6. The monoisotopic (exact) mass is 520 g/mol. The number of methoxy groups -OCH3 is 1. The van der Waals surface area contributed by atoms with E-state index in [1.165, 1.54) is 16.0 Å². The number of ether oxygens (including phenoxy) is 1. The molecule has 0 saturated carbocycles. The van der Waals surface area contributed by atoms with Gasteiger partial charge < -0.3 is 9.84 Å². The van der Waals surface area contributed by atoms with Crippen LogP contribution in [0.15, 0.2) is 72.8 Å². The van der Waals surface area contributed by atoms with E-state index in [1.54, 1.807) is 27.8 Å². The second-order valence-electron chi connectivity index (χ2n) is 8.77. The molecule has 1 aliphatic rings. The molecule has 1 fully saturated rings. The molecule has 3 aromatic carbocycles. The van der Waals surface area contributed by atoms with Crippen LogP contribution in [0.2, 0.25) is 0 Å². The van der Waals surface area contributed by atoms with Crippen molar-refractivity contribution < 1.29 is 9.84 Å². The number of phenols is 1. The molecule has 0 bridgehead atoms. The molecule has 4 aromatic rings. The molecule has 180 valence electrons. The lowest BCUT2D eigenvalue weighted by molar-refractivity contribution is 0.121. The van der Waals surface area contributed by atoms with Crippen molar-refractivity contribution in [3.63, 3.8) is 0 Å². The van der Waals surface area contributed by atoms with Gasteiger partial charge in [0.25, 0.3) is 0 Å². The van der Waals surface area contributed by atoms with Crippen molar-refractivity contribution >= 4 is 32.9 Å². The van der Waals surface area contributed by atoms with Crippen molar-refractivity contribution in [2.45, 2.75) is 13.1 Å². The Morgan fingerprint density at radius 2 is 1.51 bits per heavy atom. The number of hydrogen-bond acceptors (Lipinski definition) is 7. The average molecular weight is 521 g/mol. The van der Waals surface area contributed by atoms with Crippen molar-refractivity contribution in [3.8, 4) is 33.1 Å². The number of benzene rings is 3. The van der Waals surface area contributed by atoms with Gasteiger partial charge in [-0.25, -0.2) is 0 Å². The molecular weight excluding hydrogens is 493 g/mol. The van der Waals surface area contributed by atoms with Gasteiger partial charge in [-0.2, -0.15) is 0 Å². The molecule has 1 N–H and O–H groups in total. The van der Waals surface area contributed by atoms with Gasteiger partial charge in [0, 0.05) is 50.4 Å². The predicted octanol–water partition coefficient (Wildman–Crippen LogP) is 6.91. The number of rotatable bonds is 7. The topological polar surface area (TPSA) is 35.9 Å². The van der Waals surface area contributed by atoms with Gasteiger partial charge in [-0.15, -0.1) is 0 Å². The highest BCUT2D eigenvalue weighted by Gasteiger charge is 2.20. The fourth-order valence-electron chi connectivity index (χ4n) is 4.49. The van der Waals surface area contributed by atoms with Crippen LogP contribution in [0, 0.1) is 3.82 Å². The first-order valence-electron chi connectivity index (χ1n) is 11.7. The third kappa shape index (κ3) is 5.66. The summed E-state index contributed by atoms with van der Waals surface area (Å²) in [5, 5.41) is 10.6. The summed E-state index contributed by atoms with van der Waals surface area (Å²) < 4.78 is 6.16. The zero-order valence-electron chi connectivity index (χ0n) is 19.6. The number of piperazine rings is 1. The first-order chi connectivity index (χ1) is 17.1. The highest BCUT2D eigenvalue weighted by molar-refractivity contribution is 7.80. The van der Waals surface area contributed by atoms with E-state index >= 15 is 0 Å². The zero-order chi connectivity index (χ0) is 24.2. The molecule has 1 aromatic heterocycles. The lowest BCUT2D eigenvalue weighted by Gasteiger charge is -2.35. The third-order valence-electron chi connectivity index (χ3n) is 6.46. The maximum absolute atomic E-state index is 10.6. The predicted molar refractivity (Wildman–Crippen MR) is 149 cm³/mol. The second-order valence-corrected chi connectivity index (χ2v) is 11.6. The minimum atomic E-state index is 0.348. The van der Waals surface area contributed by atoms with Crippen molar-refractivity contribution in [2.24, 2.45) is 0 Å². The minimum absolute atomic E-state index is 0.348. The summed E-state index contributed by atoms with van der Waals surface area (Å²) in [7, 11) is 5.06. The lowest BCUT2D eigenvalue weighted by Crippen LogP contribution is -2.45. The summed E-state index contributed by atoms with van der Waals surface area (Å²) in [5.41, 5.74) is 5.62. The Balaban J connectivity index is 1.27. The number of aromatic hydroxyl groups is 1. The Labute approximate surface area is 219 Å². The Kier molecular flexibility index (Phi) is 7.60. The largest absolute Gasteiger partial charge is 0.508 e. The molecule has 0 amide bonds. The van der Waals surface area contributed by atoms with Gasteiger partial charge in [-0.05, 0) is 41.0 Å². The fraction of sp³-hybridized carbons (Fsp3) is 0.250. The van der Waals surface area contributed by atoms with Gasteiger partial charge in [0.2, 0.25) is 0 Å². The molecule has 1 aliphatic heterocycles. The van der Waals surface area contributed by atoms with Gasteiger partial charge in [0.15, 0.2) is 0 Å². The van der Waals surface area contributed by atoms with E-state index in [0.717, 1.165) is 65.5 Å². The van der Waals surface area contributed by atoms with Crippen LogP contribution in [0.4, 0.5) is 0 Å². The van der Waals surface area contributed by atoms with Gasteiger partial charge in [0.1, 0.15) is 15.3 Å².